The molecule has 3 N–H and O–H groups in total. The summed E-state index contributed by atoms with van der Waals surface area (Å²) in [7, 11) is 0. The monoisotopic (exact) mass is 264 g/mol. The highest BCUT2D eigenvalue weighted by molar-refractivity contribution is 6.27. The fourth-order valence-electron chi connectivity index (χ4n) is 1.38. The first-order chi connectivity index (χ1) is 8.16. The van der Waals surface area contributed by atoms with Crippen molar-refractivity contribution in [2.45, 2.75) is 38.5 Å². The molecule has 0 rings (SSSR count). The number of nitrogens with one attached hydrogen (secondary N) is 1. The Bertz CT molecular complexity index is 225. The minimum atomic E-state index is -0.708. The Morgan fingerprint density at radius 1 is 1.06 bits per heavy atom. The summed E-state index contributed by atoms with van der Waals surface area (Å²) in [6.45, 7) is 1.09. The largest absolute Gasteiger partial charge is 0.450 e. The van der Waals surface area contributed by atoms with Crippen LogP contribution in [0.2, 0.25) is 0 Å². The molecule has 17 heavy (non-hydrogen) atoms. The van der Waals surface area contributed by atoms with E-state index in [1.54, 1.807) is 0 Å². The number of amides is 2. The van der Waals surface area contributed by atoms with Crippen LogP contribution in [0.4, 0.5) is 4.79 Å². The second-order valence-corrected chi connectivity index (χ2v) is 4.04. The van der Waals surface area contributed by atoms with Crippen LogP contribution in [0.3, 0.4) is 0 Å². The SMILES string of the molecule is NC(=O)OCCCCCCCCNC(=O)CCl. The molecule has 0 aromatic carbocycles. The van der Waals surface area contributed by atoms with E-state index in [1.807, 2.05) is 0 Å². The summed E-state index contributed by atoms with van der Waals surface area (Å²) in [4.78, 5) is 21.0. The predicted octanol–water partition coefficient (Wildman–Crippen LogP) is 1.78. The average Bonchev–Trinajstić information content (AvgIpc) is 2.30. The van der Waals surface area contributed by atoms with E-state index in [0.29, 0.717) is 13.2 Å². The van der Waals surface area contributed by atoms with Gasteiger partial charge in [0.25, 0.3) is 0 Å². The molecule has 6 heteroatoms. The van der Waals surface area contributed by atoms with Gasteiger partial charge in [-0.2, -0.15) is 0 Å². The van der Waals surface area contributed by atoms with Crippen molar-refractivity contribution >= 4 is 23.6 Å². The van der Waals surface area contributed by atoms with Gasteiger partial charge >= 0.3 is 6.09 Å². The third-order valence-electron chi connectivity index (χ3n) is 2.26. The number of unbranched alkanes of at least 4 members (excludes halogenated alkanes) is 5. The zero-order valence-electron chi connectivity index (χ0n) is 10.0. The van der Waals surface area contributed by atoms with Crippen molar-refractivity contribution < 1.29 is 14.3 Å². The molecule has 5 nitrogen and oxygen atoms in total. The van der Waals surface area contributed by atoms with E-state index in [-0.39, 0.29) is 11.8 Å². The van der Waals surface area contributed by atoms with Crippen LogP contribution < -0.4 is 11.1 Å². The molecular weight excluding hydrogens is 244 g/mol. The van der Waals surface area contributed by atoms with Crippen molar-refractivity contribution in [3.8, 4) is 0 Å². The third kappa shape index (κ3) is 13.0. The molecule has 0 spiro atoms. The number of hydrogen-bond donors (Lipinski definition) is 2. The van der Waals surface area contributed by atoms with E-state index in [1.165, 1.54) is 0 Å². The molecule has 0 bridgehead atoms. The van der Waals surface area contributed by atoms with Crippen LogP contribution in [0.5, 0.6) is 0 Å². The number of alkyl halides is 1. The number of primary amides is 1. The molecule has 0 saturated heterocycles. The highest BCUT2D eigenvalue weighted by atomic mass is 35.5. The third-order valence-corrected chi connectivity index (χ3v) is 2.50. The van der Waals surface area contributed by atoms with E-state index in [2.05, 4.69) is 10.1 Å². The molecule has 0 aliphatic carbocycles. The molecule has 0 fully saturated rings. The lowest BCUT2D eigenvalue weighted by molar-refractivity contribution is -0.118. The van der Waals surface area contributed by atoms with Crippen molar-refractivity contribution in [1.29, 1.82) is 0 Å². The van der Waals surface area contributed by atoms with Gasteiger partial charge in [0.2, 0.25) is 5.91 Å². The van der Waals surface area contributed by atoms with Crippen LogP contribution in [-0.4, -0.2) is 31.0 Å². The van der Waals surface area contributed by atoms with E-state index in [0.717, 1.165) is 38.5 Å². The molecule has 0 heterocycles. The zero-order chi connectivity index (χ0) is 12.9. The Hall–Kier alpha value is -0.970. The first kappa shape index (κ1) is 16.0. The average molecular weight is 265 g/mol. The van der Waals surface area contributed by atoms with Gasteiger partial charge in [-0.1, -0.05) is 25.7 Å². The highest BCUT2D eigenvalue weighted by Gasteiger charge is 1.97. The number of hydrogen-bond acceptors (Lipinski definition) is 3. The first-order valence-electron chi connectivity index (χ1n) is 5.91. The molecule has 0 atom stereocenters. The number of rotatable bonds is 10. The molecule has 0 radical (unpaired) electrons. The Labute approximate surface area is 107 Å². The minimum Gasteiger partial charge on any atom is -0.450 e. The maximum atomic E-state index is 10.8. The summed E-state index contributed by atoms with van der Waals surface area (Å²) in [5.74, 6) is -0.0879. The zero-order valence-corrected chi connectivity index (χ0v) is 10.8. The lowest BCUT2D eigenvalue weighted by atomic mass is 10.1. The highest BCUT2D eigenvalue weighted by Crippen LogP contribution is 2.05. The van der Waals surface area contributed by atoms with Gasteiger partial charge in [0.05, 0.1) is 6.61 Å². The van der Waals surface area contributed by atoms with E-state index in [4.69, 9.17) is 17.3 Å². The van der Waals surface area contributed by atoms with Crippen molar-refractivity contribution in [3.05, 3.63) is 0 Å². The normalized spacial score (nSPS) is 9.94. The van der Waals surface area contributed by atoms with Gasteiger partial charge in [-0.3, -0.25) is 4.79 Å². The van der Waals surface area contributed by atoms with Crippen molar-refractivity contribution in [2.75, 3.05) is 19.0 Å². The van der Waals surface area contributed by atoms with Crippen LogP contribution in [0, 0.1) is 0 Å². The van der Waals surface area contributed by atoms with Crippen molar-refractivity contribution in [1.82, 2.24) is 5.32 Å². The summed E-state index contributed by atoms with van der Waals surface area (Å²) in [6, 6.07) is 0. The number of ether oxygens (including phenoxy) is 1. The molecule has 0 aliphatic rings. The molecule has 0 saturated carbocycles. The van der Waals surface area contributed by atoms with E-state index >= 15 is 0 Å². The lowest BCUT2D eigenvalue weighted by Crippen LogP contribution is -2.25. The minimum absolute atomic E-state index is 0.0276. The number of carbonyl (C=O) groups excluding carboxylic acids is 2. The van der Waals surface area contributed by atoms with Crippen molar-refractivity contribution in [3.63, 3.8) is 0 Å². The molecule has 2 amide bonds. The van der Waals surface area contributed by atoms with Gasteiger partial charge in [-0.25, -0.2) is 4.79 Å². The fraction of sp³-hybridized carbons (Fsp3) is 0.818. The molecule has 0 aliphatic heterocycles. The topological polar surface area (TPSA) is 81.4 Å². The summed E-state index contributed by atoms with van der Waals surface area (Å²) in [5.41, 5.74) is 4.82. The molecule has 100 valence electrons. The molecule has 0 unspecified atom stereocenters. The number of halogens is 1. The van der Waals surface area contributed by atoms with Gasteiger partial charge < -0.3 is 15.8 Å². The van der Waals surface area contributed by atoms with Gasteiger partial charge in [0, 0.05) is 6.54 Å². The second kappa shape index (κ2) is 11.5. The van der Waals surface area contributed by atoms with Crippen LogP contribution in [-0.2, 0) is 9.53 Å². The molecule has 0 aromatic heterocycles. The van der Waals surface area contributed by atoms with E-state index in [9.17, 15) is 9.59 Å². The van der Waals surface area contributed by atoms with E-state index < -0.39 is 6.09 Å². The van der Waals surface area contributed by atoms with Gasteiger partial charge in [0.1, 0.15) is 5.88 Å². The molecular formula is C11H21ClN2O3. The smallest absolute Gasteiger partial charge is 0.404 e. The maximum absolute atomic E-state index is 10.8. The Kier molecular flexibility index (Phi) is 10.9. The summed E-state index contributed by atoms with van der Waals surface area (Å²) >= 11 is 5.33. The standard InChI is InChI=1S/C11H21ClN2O3/c12-9-10(15)14-7-5-3-1-2-4-6-8-17-11(13)16/h1-9H2,(H2,13,16)(H,14,15). The lowest BCUT2D eigenvalue weighted by Gasteiger charge is -2.03. The van der Waals surface area contributed by atoms with Crippen LogP contribution >= 0.6 is 11.6 Å². The van der Waals surface area contributed by atoms with Crippen molar-refractivity contribution in [2.24, 2.45) is 5.73 Å². The van der Waals surface area contributed by atoms with Crippen LogP contribution in [0.1, 0.15) is 38.5 Å². The number of nitrogens with two attached hydrogens (primary N) is 1. The fourth-order valence-corrected chi connectivity index (χ4v) is 1.48. The Balaban J connectivity index is 3.03. The summed E-state index contributed by atoms with van der Waals surface area (Å²) < 4.78 is 4.60. The Morgan fingerprint density at radius 2 is 1.65 bits per heavy atom. The number of carbonyl (C=O) groups is 2. The maximum Gasteiger partial charge on any atom is 0.404 e. The van der Waals surface area contributed by atoms with Crippen LogP contribution in [0.25, 0.3) is 0 Å². The summed E-state index contributed by atoms with van der Waals surface area (Å²) in [5, 5.41) is 2.71. The first-order valence-corrected chi connectivity index (χ1v) is 6.45. The second-order valence-electron chi connectivity index (χ2n) is 3.77. The van der Waals surface area contributed by atoms with Gasteiger partial charge in [-0.15, -0.1) is 11.6 Å². The Morgan fingerprint density at radius 3 is 2.24 bits per heavy atom. The molecule has 0 aromatic rings. The van der Waals surface area contributed by atoms with Gasteiger partial charge in [-0.05, 0) is 12.8 Å². The van der Waals surface area contributed by atoms with Crippen LogP contribution in [0.15, 0.2) is 0 Å². The quantitative estimate of drug-likeness (QED) is 0.466. The van der Waals surface area contributed by atoms with Gasteiger partial charge in [0.15, 0.2) is 0 Å². The summed E-state index contributed by atoms with van der Waals surface area (Å²) in [6.07, 6.45) is 5.45. The predicted molar refractivity (Wildman–Crippen MR) is 67.0 cm³/mol.